The topological polar surface area (TPSA) is 84.9 Å². The Hall–Kier alpha value is -2.20. The van der Waals surface area contributed by atoms with Gasteiger partial charge < -0.3 is 14.8 Å². The maximum Gasteiger partial charge on any atom is 0.243 e. The molecule has 1 fully saturated rings. The van der Waals surface area contributed by atoms with E-state index in [4.69, 9.17) is 21.1 Å². The number of halogens is 2. The Balaban J connectivity index is 1.72. The third-order valence-corrected chi connectivity index (χ3v) is 7.14. The number of ether oxygens (including phenoxy) is 2. The predicted molar refractivity (Wildman–Crippen MR) is 115 cm³/mol. The number of benzene rings is 2. The van der Waals surface area contributed by atoms with Crippen LogP contribution < -0.4 is 10.1 Å². The van der Waals surface area contributed by atoms with Crippen molar-refractivity contribution in [2.45, 2.75) is 17.7 Å². The zero-order chi connectivity index (χ0) is 22.4. The molecule has 1 aliphatic heterocycles. The quantitative estimate of drug-likeness (QED) is 0.596. The van der Waals surface area contributed by atoms with Crippen molar-refractivity contribution in [3.63, 3.8) is 0 Å². The van der Waals surface area contributed by atoms with Gasteiger partial charge in [0.2, 0.25) is 15.9 Å². The molecule has 2 aromatic carbocycles. The minimum Gasteiger partial charge on any atom is -0.487 e. The number of nitrogens with one attached hydrogen (secondary N) is 1. The fourth-order valence-electron chi connectivity index (χ4n) is 3.35. The Labute approximate surface area is 186 Å². The van der Waals surface area contributed by atoms with Gasteiger partial charge >= 0.3 is 0 Å². The Kier molecular flexibility index (Phi) is 7.88. The van der Waals surface area contributed by atoms with E-state index in [1.807, 2.05) is 0 Å². The Morgan fingerprint density at radius 1 is 1.23 bits per heavy atom. The second-order valence-electron chi connectivity index (χ2n) is 7.10. The zero-order valence-electron chi connectivity index (χ0n) is 17.0. The molecule has 1 amide bonds. The van der Waals surface area contributed by atoms with E-state index in [1.54, 1.807) is 25.3 Å². The largest absolute Gasteiger partial charge is 0.487 e. The summed E-state index contributed by atoms with van der Waals surface area (Å²) in [4.78, 5) is 12.9. The average Bonchev–Trinajstić information content (AvgIpc) is 2.76. The minimum absolute atomic E-state index is 0.00127. The third kappa shape index (κ3) is 5.74. The van der Waals surface area contributed by atoms with Gasteiger partial charge in [-0.05, 0) is 49.2 Å². The van der Waals surface area contributed by atoms with E-state index in [-0.39, 0.29) is 24.0 Å². The van der Waals surface area contributed by atoms with E-state index in [1.165, 1.54) is 16.4 Å². The summed E-state index contributed by atoms with van der Waals surface area (Å²) in [6.45, 7) is 0.950. The lowest BCUT2D eigenvalue weighted by Gasteiger charge is -2.31. The fraction of sp³-hybridized carbons (Fsp3) is 0.381. The van der Waals surface area contributed by atoms with Crippen LogP contribution in [-0.2, 0) is 19.6 Å². The van der Waals surface area contributed by atoms with E-state index in [9.17, 15) is 17.6 Å². The van der Waals surface area contributed by atoms with Crippen molar-refractivity contribution in [1.82, 2.24) is 4.31 Å². The van der Waals surface area contributed by atoms with E-state index in [2.05, 4.69) is 5.32 Å². The number of sulfonamides is 1. The summed E-state index contributed by atoms with van der Waals surface area (Å²) >= 11 is 6.21. The molecule has 0 radical (unpaired) electrons. The van der Waals surface area contributed by atoms with Crippen LogP contribution in [0.15, 0.2) is 47.4 Å². The highest BCUT2D eigenvalue weighted by atomic mass is 35.5. The van der Waals surface area contributed by atoms with Gasteiger partial charge in [0.25, 0.3) is 0 Å². The van der Waals surface area contributed by atoms with Crippen LogP contribution in [0.1, 0.15) is 12.8 Å². The zero-order valence-corrected chi connectivity index (χ0v) is 18.6. The normalized spacial score (nSPS) is 17.3. The van der Waals surface area contributed by atoms with E-state index in [0.29, 0.717) is 42.5 Å². The molecule has 0 saturated carbocycles. The first-order valence-electron chi connectivity index (χ1n) is 9.79. The summed E-state index contributed by atoms with van der Waals surface area (Å²) in [6.07, 6.45) is 1.08. The second-order valence-corrected chi connectivity index (χ2v) is 9.45. The van der Waals surface area contributed by atoms with Crippen LogP contribution in [0, 0.1) is 11.7 Å². The highest BCUT2D eigenvalue weighted by molar-refractivity contribution is 7.89. The number of para-hydroxylation sites is 1. The summed E-state index contributed by atoms with van der Waals surface area (Å²) in [5.74, 6) is -1.05. The third-order valence-electron chi connectivity index (χ3n) is 4.97. The lowest BCUT2D eigenvalue weighted by Crippen LogP contribution is -2.43. The first-order valence-corrected chi connectivity index (χ1v) is 11.6. The maximum absolute atomic E-state index is 13.2. The van der Waals surface area contributed by atoms with Crippen LogP contribution in [0.3, 0.4) is 0 Å². The van der Waals surface area contributed by atoms with Crippen LogP contribution in [-0.4, -0.2) is 52.0 Å². The number of piperidine rings is 1. The molecular formula is C21H24ClFN2O5S. The molecule has 1 atom stereocenters. The lowest BCUT2D eigenvalue weighted by molar-refractivity contribution is -0.120. The summed E-state index contributed by atoms with van der Waals surface area (Å²) in [5.41, 5.74) is 0.409. The first-order chi connectivity index (χ1) is 14.8. The van der Waals surface area contributed by atoms with Crippen LogP contribution >= 0.6 is 11.6 Å². The Bertz CT molecular complexity index is 1020. The number of methoxy groups -OCH3 is 1. The van der Waals surface area contributed by atoms with Crippen molar-refractivity contribution in [3.05, 3.63) is 53.3 Å². The molecule has 1 heterocycles. The molecule has 1 aliphatic rings. The summed E-state index contributed by atoms with van der Waals surface area (Å²) < 4.78 is 50.8. The number of carbonyl (C=O) groups is 1. The molecule has 0 aromatic heterocycles. The molecule has 168 valence electrons. The maximum atomic E-state index is 13.2. The molecule has 0 aliphatic carbocycles. The van der Waals surface area contributed by atoms with Gasteiger partial charge in [-0.25, -0.2) is 12.8 Å². The van der Waals surface area contributed by atoms with Crippen molar-refractivity contribution in [2.24, 2.45) is 5.92 Å². The highest BCUT2D eigenvalue weighted by Crippen LogP contribution is 2.34. The van der Waals surface area contributed by atoms with Crippen molar-refractivity contribution >= 4 is 33.2 Å². The van der Waals surface area contributed by atoms with E-state index in [0.717, 1.165) is 12.1 Å². The molecule has 3 rings (SSSR count). The molecule has 2 aromatic rings. The van der Waals surface area contributed by atoms with Crippen LogP contribution in [0.4, 0.5) is 10.1 Å². The van der Waals surface area contributed by atoms with Crippen molar-refractivity contribution in [1.29, 1.82) is 0 Å². The fourth-order valence-corrected chi connectivity index (χ4v) is 5.10. The number of anilines is 1. The van der Waals surface area contributed by atoms with E-state index < -0.39 is 21.8 Å². The molecule has 31 heavy (non-hydrogen) atoms. The van der Waals surface area contributed by atoms with Crippen LogP contribution in [0.25, 0.3) is 0 Å². The monoisotopic (exact) mass is 470 g/mol. The second kappa shape index (κ2) is 10.4. The van der Waals surface area contributed by atoms with Gasteiger partial charge in [-0.15, -0.1) is 0 Å². The highest BCUT2D eigenvalue weighted by Gasteiger charge is 2.33. The van der Waals surface area contributed by atoms with Crippen LogP contribution in [0.2, 0.25) is 5.02 Å². The molecule has 0 bridgehead atoms. The number of rotatable bonds is 8. The van der Waals surface area contributed by atoms with Crippen LogP contribution in [0.5, 0.6) is 5.75 Å². The summed E-state index contributed by atoms with van der Waals surface area (Å²) in [6, 6.07) is 9.66. The number of hydrogen-bond acceptors (Lipinski definition) is 5. The van der Waals surface area contributed by atoms with Gasteiger partial charge in [0.05, 0.1) is 28.1 Å². The SMILES string of the molecule is COCCOc1c(Cl)cccc1NC(=O)C1CCCN(S(=O)(=O)c2ccc(F)cc2)C1. The smallest absolute Gasteiger partial charge is 0.243 e. The van der Waals surface area contributed by atoms with Gasteiger partial charge in [0.1, 0.15) is 12.4 Å². The van der Waals surface area contributed by atoms with Crippen molar-refractivity contribution in [3.8, 4) is 5.75 Å². The molecule has 1 N–H and O–H groups in total. The number of amides is 1. The average molecular weight is 471 g/mol. The molecule has 1 unspecified atom stereocenters. The van der Waals surface area contributed by atoms with Gasteiger partial charge in [-0.1, -0.05) is 17.7 Å². The molecular weight excluding hydrogens is 447 g/mol. The van der Waals surface area contributed by atoms with Gasteiger partial charge in [-0.3, -0.25) is 4.79 Å². The summed E-state index contributed by atoms with van der Waals surface area (Å²) in [7, 11) is -2.27. The Morgan fingerprint density at radius 2 is 1.97 bits per heavy atom. The lowest BCUT2D eigenvalue weighted by atomic mass is 9.98. The number of carbonyl (C=O) groups excluding carboxylic acids is 1. The number of hydrogen-bond donors (Lipinski definition) is 1. The minimum atomic E-state index is -3.82. The van der Waals surface area contributed by atoms with E-state index >= 15 is 0 Å². The predicted octanol–water partition coefficient (Wildman–Crippen LogP) is 3.54. The van der Waals surface area contributed by atoms with Gasteiger partial charge in [0.15, 0.2) is 5.75 Å². The van der Waals surface area contributed by atoms with Gasteiger partial charge in [0, 0.05) is 20.2 Å². The molecule has 1 saturated heterocycles. The standard InChI is InChI=1S/C21H24ClFN2O5S/c1-29-12-13-30-20-18(22)5-2-6-19(20)24-21(26)15-4-3-11-25(14-15)31(27,28)17-9-7-16(23)8-10-17/h2,5-10,15H,3-4,11-14H2,1H3,(H,24,26). The van der Waals surface area contributed by atoms with Crippen molar-refractivity contribution < 1.29 is 27.1 Å². The Morgan fingerprint density at radius 3 is 2.68 bits per heavy atom. The molecule has 7 nitrogen and oxygen atoms in total. The molecule has 0 spiro atoms. The molecule has 10 heteroatoms. The van der Waals surface area contributed by atoms with Gasteiger partial charge in [-0.2, -0.15) is 4.31 Å². The summed E-state index contributed by atoms with van der Waals surface area (Å²) in [5, 5.41) is 3.15. The first kappa shape index (κ1) is 23.5. The van der Waals surface area contributed by atoms with Crippen molar-refractivity contribution in [2.75, 3.05) is 38.7 Å². The number of nitrogens with zero attached hydrogens (tertiary/aromatic N) is 1.